The number of amides is 3. The van der Waals surface area contributed by atoms with Gasteiger partial charge in [-0.05, 0) is 38.8 Å². The van der Waals surface area contributed by atoms with Crippen molar-refractivity contribution in [2.24, 2.45) is 0 Å². The molecule has 1 saturated carbocycles. The van der Waals surface area contributed by atoms with Gasteiger partial charge in [-0.2, -0.15) is 0 Å². The molecule has 6 nitrogen and oxygen atoms in total. The number of carbonyl (C=O) groups excluding carboxylic acids is 2. The summed E-state index contributed by atoms with van der Waals surface area (Å²) >= 11 is 0. The third-order valence-corrected chi connectivity index (χ3v) is 4.34. The molecule has 0 unspecified atom stereocenters. The Balaban J connectivity index is 1.65. The van der Waals surface area contributed by atoms with E-state index >= 15 is 0 Å². The van der Waals surface area contributed by atoms with Crippen molar-refractivity contribution in [2.45, 2.75) is 57.6 Å². The normalized spacial score (nSPS) is 20.0. The van der Waals surface area contributed by atoms with E-state index in [1.54, 1.807) is 32.0 Å². The minimum absolute atomic E-state index is 0.180. The van der Waals surface area contributed by atoms with Crippen LogP contribution in [0, 0.1) is 0 Å². The van der Waals surface area contributed by atoms with Gasteiger partial charge in [0.05, 0.1) is 5.69 Å². The van der Waals surface area contributed by atoms with Crippen LogP contribution in [0.15, 0.2) is 18.2 Å². The van der Waals surface area contributed by atoms with Crippen molar-refractivity contribution in [3.05, 3.63) is 18.2 Å². The van der Waals surface area contributed by atoms with Gasteiger partial charge in [-0.15, -0.1) is 0 Å². The molecule has 1 aromatic rings. The van der Waals surface area contributed by atoms with Crippen molar-refractivity contribution in [1.29, 1.82) is 0 Å². The van der Waals surface area contributed by atoms with Gasteiger partial charge in [0, 0.05) is 17.8 Å². The molecule has 0 bridgehead atoms. The van der Waals surface area contributed by atoms with Gasteiger partial charge in [-0.25, -0.2) is 4.79 Å². The predicted octanol–water partition coefficient (Wildman–Crippen LogP) is 3.25. The van der Waals surface area contributed by atoms with Crippen molar-refractivity contribution < 1.29 is 14.3 Å². The highest BCUT2D eigenvalue weighted by atomic mass is 16.5. The highest BCUT2D eigenvalue weighted by molar-refractivity contribution is 6.01. The maximum absolute atomic E-state index is 12.1. The molecule has 1 fully saturated rings. The Bertz CT molecular complexity index is 622. The molecular formula is C17H23N3O3. The minimum atomic E-state index is -0.921. The number of ether oxygens (including phenoxy) is 1. The van der Waals surface area contributed by atoms with Gasteiger partial charge >= 0.3 is 6.03 Å². The van der Waals surface area contributed by atoms with E-state index < -0.39 is 5.60 Å². The fraction of sp³-hybridized carbons (Fsp3) is 0.529. The first-order valence-electron chi connectivity index (χ1n) is 8.16. The van der Waals surface area contributed by atoms with Crippen molar-refractivity contribution in [3.63, 3.8) is 0 Å². The largest absolute Gasteiger partial charge is 0.476 e. The average molecular weight is 317 g/mol. The lowest BCUT2D eigenvalue weighted by Gasteiger charge is -2.31. The molecule has 23 heavy (non-hydrogen) atoms. The third-order valence-electron chi connectivity index (χ3n) is 4.34. The van der Waals surface area contributed by atoms with Crippen molar-refractivity contribution >= 4 is 23.3 Å². The summed E-state index contributed by atoms with van der Waals surface area (Å²) in [7, 11) is 0. The van der Waals surface area contributed by atoms with Crippen LogP contribution in [0.2, 0.25) is 0 Å². The van der Waals surface area contributed by atoms with Crippen LogP contribution < -0.4 is 20.7 Å². The highest BCUT2D eigenvalue weighted by Crippen LogP contribution is 2.35. The smallest absolute Gasteiger partial charge is 0.319 e. The van der Waals surface area contributed by atoms with Gasteiger partial charge in [0.15, 0.2) is 5.60 Å². The van der Waals surface area contributed by atoms with E-state index in [1.807, 2.05) is 0 Å². The predicted molar refractivity (Wildman–Crippen MR) is 88.8 cm³/mol. The lowest BCUT2D eigenvalue weighted by atomic mass is 9.96. The highest BCUT2D eigenvalue weighted by Gasteiger charge is 2.35. The number of hydrogen-bond donors (Lipinski definition) is 3. The van der Waals surface area contributed by atoms with Crippen LogP contribution in [0.5, 0.6) is 5.75 Å². The number of nitrogens with one attached hydrogen (secondary N) is 3. The number of fused-ring (bicyclic) bond motifs is 1. The van der Waals surface area contributed by atoms with Crippen LogP contribution >= 0.6 is 0 Å². The van der Waals surface area contributed by atoms with Crippen LogP contribution in [0.3, 0.4) is 0 Å². The Morgan fingerprint density at radius 3 is 2.74 bits per heavy atom. The molecule has 124 valence electrons. The van der Waals surface area contributed by atoms with Gasteiger partial charge in [-0.3, -0.25) is 4.79 Å². The van der Waals surface area contributed by atoms with Crippen LogP contribution in [0.1, 0.15) is 46.0 Å². The molecule has 2 aliphatic rings. The Labute approximate surface area is 136 Å². The molecule has 1 aliphatic carbocycles. The third kappa shape index (κ3) is 3.57. The summed E-state index contributed by atoms with van der Waals surface area (Å²) in [4.78, 5) is 23.9. The molecule has 6 heteroatoms. The van der Waals surface area contributed by atoms with Crippen LogP contribution in [0.4, 0.5) is 16.2 Å². The second-order valence-electron chi connectivity index (χ2n) is 6.71. The standard InChI is InChI=1S/C17H23N3O3/c1-17(2)15(21)20-13-9-8-12(10-14(13)23-17)19-16(22)18-11-6-4-3-5-7-11/h8-11H,3-7H2,1-2H3,(H,20,21)(H2,18,19,22). The topological polar surface area (TPSA) is 79.5 Å². The second-order valence-corrected chi connectivity index (χ2v) is 6.71. The SMILES string of the molecule is CC1(C)Oc2cc(NC(=O)NC3CCCCC3)ccc2NC1=O. The summed E-state index contributed by atoms with van der Waals surface area (Å²) in [6.45, 7) is 3.42. The Morgan fingerprint density at radius 2 is 2.00 bits per heavy atom. The van der Waals surface area contributed by atoms with E-state index in [4.69, 9.17) is 4.74 Å². The molecule has 1 heterocycles. The Kier molecular flexibility index (Phi) is 4.15. The lowest BCUT2D eigenvalue weighted by Crippen LogP contribution is -2.45. The maximum Gasteiger partial charge on any atom is 0.319 e. The van der Waals surface area contributed by atoms with E-state index in [9.17, 15) is 9.59 Å². The Hall–Kier alpha value is -2.24. The van der Waals surface area contributed by atoms with Crippen molar-refractivity contribution in [2.75, 3.05) is 10.6 Å². The molecule has 0 saturated heterocycles. The van der Waals surface area contributed by atoms with Gasteiger partial charge in [0.1, 0.15) is 5.75 Å². The summed E-state index contributed by atoms with van der Waals surface area (Å²) in [5.74, 6) is 0.380. The first-order valence-corrected chi connectivity index (χ1v) is 8.16. The number of carbonyl (C=O) groups is 2. The van der Waals surface area contributed by atoms with Crippen LogP contribution in [-0.2, 0) is 4.79 Å². The summed E-state index contributed by atoms with van der Waals surface area (Å²) in [6.07, 6.45) is 5.68. The van der Waals surface area contributed by atoms with Crippen LogP contribution in [-0.4, -0.2) is 23.6 Å². The number of anilines is 2. The van der Waals surface area contributed by atoms with Gasteiger partial charge in [0.25, 0.3) is 5.91 Å². The number of hydrogen-bond acceptors (Lipinski definition) is 3. The Morgan fingerprint density at radius 1 is 1.26 bits per heavy atom. The fourth-order valence-corrected chi connectivity index (χ4v) is 2.98. The molecule has 3 amide bonds. The number of urea groups is 1. The van der Waals surface area contributed by atoms with Crippen molar-refractivity contribution in [3.8, 4) is 5.75 Å². The molecule has 0 spiro atoms. The van der Waals surface area contributed by atoms with Crippen molar-refractivity contribution in [1.82, 2.24) is 5.32 Å². The monoisotopic (exact) mass is 317 g/mol. The van der Waals surface area contributed by atoms with Gasteiger partial charge in [0.2, 0.25) is 0 Å². The van der Waals surface area contributed by atoms with Crippen LogP contribution in [0.25, 0.3) is 0 Å². The second kappa shape index (κ2) is 6.10. The first kappa shape index (κ1) is 15.6. The van der Waals surface area contributed by atoms with Gasteiger partial charge < -0.3 is 20.7 Å². The number of rotatable bonds is 2. The molecule has 0 aromatic heterocycles. The minimum Gasteiger partial charge on any atom is -0.476 e. The molecule has 3 N–H and O–H groups in total. The molecule has 3 rings (SSSR count). The quantitative estimate of drug-likeness (QED) is 0.783. The molecule has 1 aliphatic heterocycles. The van der Waals surface area contributed by atoms with E-state index in [0.717, 1.165) is 12.8 Å². The summed E-state index contributed by atoms with van der Waals surface area (Å²) in [5, 5.41) is 8.65. The molecule has 0 radical (unpaired) electrons. The van der Waals surface area contributed by atoms with E-state index in [0.29, 0.717) is 17.1 Å². The average Bonchev–Trinajstić information content (AvgIpc) is 2.49. The summed E-state index contributed by atoms with van der Waals surface area (Å²) in [6, 6.07) is 5.28. The molecule has 1 aromatic carbocycles. The summed E-state index contributed by atoms with van der Waals surface area (Å²) in [5.41, 5.74) is 0.340. The van der Waals surface area contributed by atoms with Gasteiger partial charge in [-0.1, -0.05) is 19.3 Å². The van der Waals surface area contributed by atoms with E-state index in [-0.39, 0.29) is 18.0 Å². The zero-order valence-corrected chi connectivity index (χ0v) is 13.6. The van der Waals surface area contributed by atoms with E-state index in [1.165, 1.54) is 19.3 Å². The molecular weight excluding hydrogens is 294 g/mol. The molecule has 0 atom stereocenters. The fourth-order valence-electron chi connectivity index (χ4n) is 2.98. The van der Waals surface area contributed by atoms with E-state index in [2.05, 4.69) is 16.0 Å². The first-order chi connectivity index (χ1) is 10.9. The maximum atomic E-state index is 12.1. The zero-order valence-electron chi connectivity index (χ0n) is 13.6. The zero-order chi connectivity index (χ0) is 16.4. The number of benzene rings is 1. The lowest BCUT2D eigenvalue weighted by molar-refractivity contribution is -0.129. The summed E-state index contributed by atoms with van der Waals surface area (Å²) < 4.78 is 5.72.